The van der Waals surface area contributed by atoms with Crippen molar-refractivity contribution in [2.75, 3.05) is 25.4 Å². The molecule has 0 spiro atoms. The van der Waals surface area contributed by atoms with E-state index in [0.29, 0.717) is 53.5 Å². The van der Waals surface area contributed by atoms with Crippen molar-refractivity contribution in [3.8, 4) is 16.9 Å². The summed E-state index contributed by atoms with van der Waals surface area (Å²) in [6.07, 6.45) is -0.0339. The van der Waals surface area contributed by atoms with Crippen LogP contribution in [0.4, 0.5) is 0 Å². The molecular formula is C26H24ClN3O7S2. The Kier molecular flexibility index (Phi) is 6.92. The minimum Gasteiger partial charge on any atom is -0.425 e. The third-order valence-electron chi connectivity index (χ3n) is 7.06. The van der Waals surface area contributed by atoms with Crippen LogP contribution >= 0.6 is 22.9 Å². The van der Waals surface area contributed by atoms with Crippen LogP contribution in [0.3, 0.4) is 0 Å². The van der Waals surface area contributed by atoms with Crippen LogP contribution in [0.1, 0.15) is 29.0 Å². The maximum atomic E-state index is 12.5. The SMILES string of the molecule is O=C(Oc1ccc(-c2c(Cl)c(CN3C(=O)CCC3=O)nc3sc4c(c23)CCS(=O)(=O)C4)cc1)C1CNCCO1. The Bertz CT molecular complexity index is 1600. The number of thiophene rings is 1. The summed E-state index contributed by atoms with van der Waals surface area (Å²) in [5.74, 6) is -0.736. The lowest BCUT2D eigenvalue weighted by Gasteiger charge is -2.22. The van der Waals surface area contributed by atoms with E-state index in [4.69, 9.17) is 26.1 Å². The number of nitrogens with one attached hydrogen (secondary N) is 1. The van der Waals surface area contributed by atoms with Crippen LogP contribution in [0.25, 0.3) is 21.3 Å². The van der Waals surface area contributed by atoms with Gasteiger partial charge in [0.15, 0.2) is 15.9 Å². The molecule has 1 unspecified atom stereocenters. The number of fused-ring (bicyclic) bond motifs is 3. The zero-order valence-electron chi connectivity index (χ0n) is 20.7. The maximum Gasteiger partial charge on any atom is 0.341 e. The van der Waals surface area contributed by atoms with Gasteiger partial charge in [0.05, 0.1) is 35.4 Å². The molecule has 2 saturated heterocycles. The first kappa shape index (κ1) is 26.3. The van der Waals surface area contributed by atoms with Gasteiger partial charge >= 0.3 is 5.97 Å². The molecule has 2 aromatic heterocycles. The lowest BCUT2D eigenvalue weighted by Crippen LogP contribution is -2.44. The van der Waals surface area contributed by atoms with E-state index >= 15 is 0 Å². The number of morpholine rings is 1. The third kappa shape index (κ3) is 5.07. The molecule has 1 N–H and O–H groups in total. The van der Waals surface area contributed by atoms with E-state index in [1.807, 2.05) is 0 Å². The molecule has 1 atom stereocenters. The summed E-state index contributed by atoms with van der Waals surface area (Å²) in [6.45, 7) is 1.43. The van der Waals surface area contributed by atoms with E-state index in [1.165, 1.54) is 11.3 Å². The fraction of sp³-hybridized carbons (Fsp3) is 0.385. The van der Waals surface area contributed by atoms with Crippen LogP contribution in [-0.2, 0) is 47.7 Å². The predicted octanol–water partition coefficient (Wildman–Crippen LogP) is 2.63. The second-order valence-electron chi connectivity index (χ2n) is 9.66. The summed E-state index contributed by atoms with van der Waals surface area (Å²) in [7, 11) is -3.21. The van der Waals surface area contributed by atoms with Gasteiger partial charge in [0, 0.05) is 41.8 Å². The van der Waals surface area contributed by atoms with E-state index in [0.717, 1.165) is 20.7 Å². The van der Waals surface area contributed by atoms with E-state index in [2.05, 4.69) is 5.32 Å². The van der Waals surface area contributed by atoms with Crippen LogP contribution in [0.2, 0.25) is 5.02 Å². The summed E-state index contributed by atoms with van der Waals surface area (Å²) in [5, 5.41) is 4.15. The topological polar surface area (TPSA) is 132 Å². The number of hydrogen-bond acceptors (Lipinski definition) is 10. The second kappa shape index (κ2) is 10.3. The zero-order chi connectivity index (χ0) is 27.3. The third-order valence-corrected chi connectivity index (χ3v) is 10.3. The van der Waals surface area contributed by atoms with Crippen molar-refractivity contribution >= 4 is 60.8 Å². The van der Waals surface area contributed by atoms with Gasteiger partial charge < -0.3 is 14.8 Å². The number of sulfone groups is 1. The van der Waals surface area contributed by atoms with E-state index in [1.54, 1.807) is 24.3 Å². The van der Waals surface area contributed by atoms with Crippen LogP contribution in [0.15, 0.2) is 24.3 Å². The number of hydrogen-bond donors (Lipinski definition) is 1. The average Bonchev–Trinajstić information content (AvgIpc) is 3.43. The monoisotopic (exact) mass is 589 g/mol. The van der Waals surface area contributed by atoms with Gasteiger partial charge in [-0.25, -0.2) is 18.2 Å². The summed E-state index contributed by atoms with van der Waals surface area (Å²) in [5.41, 5.74) is 2.61. The number of halogens is 1. The van der Waals surface area contributed by atoms with Gasteiger partial charge in [0.25, 0.3) is 0 Å². The Labute approximate surface area is 233 Å². The molecule has 2 amide bonds. The normalized spacial score (nSPS) is 20.8. The van der Waals surface area contributed by atoms with Gasteiger partial charge in [-0.2, -0.15) is 0 Å². The predicted molar refractivity (Wildman–Crippen MR) is 144 cm³/mol. The minimum absolute atomic E-state index is 0.0361. The lowest BCUT2D eigenvalue weighted by molar-refractivity contribution is -0.148. The Morgan fingerprint density at radius 2 is 1.92 bits per heavy atom. The van der Waals surface area contributed by atoms with Crippen LogP contribution in [0, 0.1) is 0 Å². The van der Waals surface area contributed by atoms with Gasteiger partial charge in [-0.1, -0.05) is 23.7 Å². The fourth-order valence-corrected chi connectivity index (χ4v) is 8.44. The number of benzene rings is 1. The molecule has 0 aliphatic carbocycles. The molecule has 3 aliphatic rings. The van der Waals surface area contributed by atoms with E-state index in [-0.39, 0.29) is 47.7 Å². The molecule has 13 heteroatoms. The molecule has 3 aliphatic heterocycles. The second-order valence-corrected chi connectivity index (χ2v) is 13.3. The van der Waals surface area contributed by atoms with Crippen LogP contribution < -0.4 is 10.1 Å². The number of carbonyl (C=O) groups excluding carboxylic acids is 3. The highest BCUT2D eigenvalue weighted by molar-refractivity contribution is 7.90. The number of pyridine rings is 1. The van der Waals surface area contributed by atoms with Gasteiger partial charge in [0.1, 0.15) is 10.6 Å². The van der Waals surface area contributed by atoms with Gasteiger partial charge in [-0.3, -0.25) is 14.5 Å². The molecule has 5 heterocycles. The van der Waals surface area contributed by atoms with Crippen molar-refractivity contribution in [2.24, 2.45) is 0 Å². The zero-order valence-corrected chi connectivity index (χ0v) is 23.1. The van der Waals surface area contributed by atoms with Crippen molar-refractivity contribution in [3.05, 3.63) is 45.4 Å². The van der Waals surface area contributed by atoms with E-state index < -0.39 is 21.9 Å². The van der Waals surface area contributed by atoms with Crippen molar-refractivity contribution in [1.29, 1.82) is 0 Å². The number of carbonyl (C=O) groups is 3. The number of nitrogens with zero attached hydrogens (tertiary/aromatic N) is 2. The molecule has 39 heavy (non-hydrogen) atoms. The standard InChI is InChI=1S/C26H24ClN3O7S2/c27-24-17(12-30-20(31)5-6-21(30)32)29-25-23(16-7-10-39(34,35)13-19(16)38-25)22(24)14-1-3-15(4-2-14)37-26(33)18-11-28-8-9-36-18/h1-4,18,28H,5-13H2. The average molecular weight is 590 g/mol. The molecule has 10 nitrogen and oxygen atoms in total. The molecule has 1 aromatic carbocycles. The highest BCUT2D eigenvalue weighted by Gasteiger charge is 2.33. The summed E-state index contributed by atoms with van der Waals surface area (Å²) >= 11 is 8.24. The van der Waals surface area contributed by atoms with Crippen LogP contribution in [-0.4, -0.2) is 67.6 Å². The van der Waals surface area contributed by atoms with Gasteiger partial charge in [0.2, 0.25) is 11.8 Å². The van der Waals surface area contributed by atoms with Gasteiger partial charge in [-0.05, 0) is 29.7 Å². The quantitative estimate of drug-likeness (QED) is 0.271. The summed E-state index contributed by atoms with van der Waals surface area (Å²) < 4.78 is 35.6. The first-order chi connectivity index (χ1) is 18.7. The smallest absolute Gasteiger partial charge is 0.341 e. The molecule has 3 aromatic rings. The maximum absolute atomic E-state index is 12.5. The first-order valence-electron chi connectivity index (χ1n) is 12.5. The number of aromatic nitrogens is 1. The highest BCUT2D eigenvalue weighted by Crippen LogP contribution is 2.45. The van der Waals surface area contributed by atoms with Crippen molar-refractivity contribution in [3.63, 3.8) is 0 Å². The number of imide groups is 1. The summed E-state index contributed by atoms with van der Waals surface area (Å²) in [4.78, 5) is 44.3. The number of aryl methyl sites for hydroxylation is 1. The molecule has 0 saturated carbocycles. The number of esters is 1. The molecule has 0 bridgehead atoms. The van der Waals surface area contributed by atoms with Crippen LogP contribution in [0.5, 0.6) is 5.75 Å². The first-order valence-corrected chi connectivity index (χ1v) is 15.5. The molecule has 6 rings (SSSR count). The Morgan fingerprint density at radius 1 is 1.18 bits per heavy atom. The van der Waals surface area contributed by atoms with E-state index in [9.17, 15) is 22.8 Å². The molecule has 2 fully saturated rings. The molecular weight excluding hydrogens is 566 g/mol. The molecule has 0 radical (unpaired) electrons. The number of amides is 2. The molecule has 204 valence electrons. The van der Waals surface area contributed by atoms with Crippen molar-refractivity contribution < 1.29 is 32.3 Å². The minimum atomic E-state index is -3.21. The largest absolute Gasteiger partial charge is 0.425 e. The van der Waals surface area contributed by atoms with Gasteiger partial charge in [-0.15, -0.1) is 11.3 Å². The number of rotatable bonds is 5. The van der Waals surface area contributed by atoms with Crippen molar-refractivity contribution in [1.82, 2.24) is 15.2 Å². The number of ether oxygens (including phenoxy) is 2. The number of likely N-dealkylation sites (tertiary alicyclic amines) is 1. The Morgan fingerprint density at radius 3 is 2.62 bits per heavy atom. The highest BCUT2D eigenvalue weighted by atomic mass is 35.5. The Hall–Kier alpha value is -2.90. The lowest BCUT2D eigenvalue weighted by atomic mass is 9.97. The summed E-state index contributed by atoms with van der Waals surface area (Å²) in [6, 6.07) is 6.84. The Balaban J connectivity index is 1.41. The fourth-order valence-electron chi connectivity index (χ4n) is 5.08. The van der Waals surface area contributed by atoms with Crippen molar-refractivity contribution in [2.45, 2.75) is 37.7 Å².